The van der Waals surface area contributed by atoms with Crippen molar-refractivity contribution in [1.29, 1.82) is 5.26 Å². The molecule has 1 amide bonds. The second kappa shape index (κ2) is 10.7. The maximum Gasteiger partial charge on any atom is 0.424 e. The molecule has 0 saturated heterocycles. The van der Waals surface area contributed by atoms with Gasteiger partial charge in [-0.05, 0) is 43.3 Å². The lowest BCUT2D eigenvalue weighted by molar-refractivity contribution is -0.265. The van der Waals surface area contributed by atoms with Crippen LogP contribution in [-0.2, 0) is 17.2 Å². The van der Waals surface area contributed by atoms with E-state index in [2.05, 4.69) is 15.3 Å². The zero-order valence-corrected chi connectivity index (χ0v) is 23.0. The van der Waals surface area contributed by atoms with Gasteiger partial charge in [-0.1, -0.05) is 18.2 Å². The van der Waals surface area contributed by atoms with Crippen molar-refractivity contribution >= 4 is 16.8 Å². The minimum Gasteiger partial charge on any atom is -0.494 e. The number of ether oxygens (including phenoxy) is 2. The Balaban J connectivity index is 1.58. The summed E-state index contributed by atoms with van der Waals surface area (Å²) in [6.45, 7) is -0.280. The van der Waals surface area contributed by atoms with Crippen molar-refractivity contribution in [2.45, 2.75) is 30.3 Å². The third-order valence-corrected chi connectivity index (χ3v) is 7.35. The van der Waals surface area contributed by atoms with Crippen LogP contribution < -0.4 is 14.8 Å². The van der Waals surface area contributed by atoms with Crippen LogP contribution in [0.3, 0.4) is 0 Å². The highest BCUT2D eigenvalue weighted by Crippen LogP contribution is 2.48. The number of halogens is 6. The Bertz CT molecular complexity index is 1800. The average molecular weight is 617 g/mol. The number of nitrogens with zero attached hydrogens (tertiary/aromatic N) is 3. The minimum absolute atomic E-state index is 0.0521. The standard InChI is InChI=1S/C30H22F6N4O4/c1-27(13-37)15-44-25-20(27)12-22(40-24(25)16-5-7-19(8-6-16)29(31,32)33)28(42,30(34,35)36)14-39-26(41)18-10-17-4-3-9-38-23(17)21(11-18)43-2/h3-12,42H,14-15H2,1-2H3,(H,39,41)/t27-,28?/m0/s1. The molecule has 2 atom stereocenters. The molecule has 228 valence electrons. The van der Waals surface area contributed by atoms with Crippen molar-refractivity contribution in [2.24, 2.45) is 0 Å². The summed E-state index contributed by atoms with van der Waals surface area (Å²) >= 11 is 0. The van der Waals surface area contributed by atoms with E-state index in [0.717, 1.165) is 30.3 Å². The predicted octanol–water partition coefficient (Wildman–Crippen LogP) is 5.68. The molecular weight excluding hydrogens is 594 g/mol. The Morgan fingerprint density at radius 1 is 1.14 bits per heavy atom. The lowest BCUT2D eigenvalue weighted by Gasteiger charge is -2.31. The molecule has 2 aromatic heterocycles. The van der Waals surface area contributed by atoms with E-state index in [-0.39, 0.29) is 40.5 Å². The number of hydrogen-bond acceptors (Lipinski definition) is 7. The van der Waals surface area contributed by atoms with Gasteiger partial charge < -0.3 is 19.9 Å². The van der Waals surface area contributed by atoms with Crippen LogP contribution in [0.15, 0.2) is 60.8 Å². The summed E-state index contributed by atoms with van der Waals surface area (Å²) in [5, 5.41) is 23.5. The molecule has 0 spiro atoms. The first-order chi connectivity index (χ1) is 20.6. The summed E-state index contributed by atoms with van der Waals surface area (Å²) < 4.78 is 94.2. The third kappa shape index (κ3) is 5.24. The quantitative estimate of drug-likeness (QED) is 0.268. The molecule has 8 nitrogen and oxygen atoms in total. The molecule has 0 radical (unpaired) electrons. The third-order valence-electron chi connectivity index (χ3n) is 7.35. The van der Waals surface area contributed by atoms with Crippen molar-refractivity contribution in [3.8, 4) is 28.8 Å². The second-order valence-corrected chi connectivity index (χ2v) is 10.3. The van der Waals surface area contributed by atoms with Gasteiger partial charge in [0.05, 0.1) is 31.0 Å². The lowest BCUT2D eigenvalue weighted by atomic mass is 9.83. The van der Waals surface area contributed by atoms with Crippen LogP contribution in [0.5, 0.6) is 11.5 Å². The lowest BCUT2D eigenvalue weighted by Crippen LogP contribution is -2.51. The number of carbonyl (C=O) groups is 1. The van der Waals surface area contributed by atoms with Gasteiger partial charge in [0.15, 0.2) is 5.75 Å². The van der Waals surface area contributed by atoms with Gasteiger partial charge in [-0.2, -0.15) is 31.6 Å². The van der Waals surface area contributed by atoms with Crippen LogP contribution in [0.2, 0.25) is 0 Å². The zero-order valence-electron chi connectivity index (χ0n) is 23.0. The van der Waals surface area contributed by atoms with E-state index in [4.69, 9.17) is 9.47 Å². The molecule has 2 N–H and O–H groups in total. The molecule has 44 heavy (non-hydrogen) atoms. The van der Waals surface area contributed by atoms with Crippen molar-refractivity contribution in [1.82, 2.24) is 15.3 Å². The fraction of sp³-hybridized carbons (Fsp3) is 0.267. The van der Waals surface area contributed by atoms with Gasteiger partial charge in [-0.25, -0.2) is 4.98 Å². The number of fused-ring (bicyclic) bond motifs is 2. The summed E-state index contributed by atoms with van der Waals surface area (Å²) in [5.41, 5.74) is -7.35. The van der Waals surface area contributed by atoms with Crippen LogP contribution in [0.1, 0.15) is 34.1 Å². The number of carbonyl (C=O) groups excluding carboxylic acids is 1. The molecule has 14 heteroatoms. The molecule has 0 saturated carbocycles. The summed E-state index contributed by atoms with van der Waals surface area (Å²) in [4.78, 5) is 21.2. The number of pyridine rings is 2. The predicted molar refractivity (Wildman–Crippen MR) is 144 cm³/mol. The number of rotatable bonds is 6. The molecule has 3 heterocycles. The Hall–Kier alpha value is -4.90. The maximum atomic E-state index is 14.6. The van der Waals surface area contributed by atoms with Crippen LogP contribution in [-0.4, -0.2) is 47.4 Å². The molecule has 4 aromatic rings. The van der Waals surface area contributed by atoms with Crippen LogP contribution >= 0.6 is 0 Å². The number of hydrogen-bond donors (Lipinski definition) is 2. The van der Waals surface area contributed by atoms with Crippen LogP contribution in [0.4, 0.5) is 26.3 Å². The van der Waals surface area contributed by atoms with Gasteiger partial charge in [0.1, 0.15) is 29.0 Å². The Morgan fingerprint density at radius 3 is 2.45 bits per heavy atom. The number of nitriles is 1. The molecule has 0 fully saturated rings. The first-order valence-electron chi connectivity index (χ1n) is 12.9. The normalized spacial score (nSPS) is 17.7. The number of aliphatic hydroxyl groups is 1. The highest BCUT2D eigenvalue weighted by Gasteiger charge is 2.57. The molecule has 1 unspecified atom stereocenters. The maximum absolute atomic E-state index is 14.6. The number of aromatic nitrogens is 2. The van der Waals surface area contributed by atoms with Crippen LogP contribution in [0, 0.1) is 11.3 Å². The van der Waals surface area contributed by atoms with Crippen molar-refractivity contribution in [3.63, 3.8) is 0 Å². The summed E-state index contributed by atoms with van der Waals surface area (Å²) in [6.07, 6.45) is -8.59. The van der Waals surface area contributed by atoms with E-state index >= 15 is 0 Å². The number of alkyl halides is 6. The average Bonchev–Trinajstić information content (AvgIpc) is 3.34. The summed E-state index contributed by atoms with van der Waals surface area (Å²) in [6, 6.07) is 12.2. The first kappa shape index (κ1) is 30.6. The number of methoxy groups -OCH3 is 1. The molecule has 0 bridgehead atoms. The van der Waals surface area contributed by atoms with Crippen molar-refractivity contribution in [3.05, 3.63) is 83.2 Å². The van der Waals surface area contributed by atoms with Gasteiger partial charge in [-0.3, -0.25) is 9.78 Å². The zero-order chi connectivity index (χ0) is 32.1. The summed E-state index contributed by atoms with van der Waals surface area (Å²) in [7, 11) is 1.33. The van der Waals surface area contributed by atoms with E-state index in [1.807, 2.05) is 6.07 Å². The van der Waals surface area contributed by atoms with E-state index in [0.29, 0.717) is 10.9 Å². The number of benzene rings is 2. The molecule has 2 aromatic carbocycles. The summed E-state index contributed by atoms with van der Waals surface area (Å²) in [5.74, 6) is -0.898. The van der Waals surface area contributed by atoms with Gasteiger partial charge in [0.2, 0.25) is 5.60 Å². The van der Waals surface area contributed by atoms with Crippen LogP contribution in [0.25, 0.3) is 22.2 Å². The van der Waals surface area contributed by atoms with E-state index in [1.165, 1.54) is 32.4 Å². The topological polar surface area (TPSA) is 117 Å². The highest BCUT2D eigenvalue weighted by molar-refractivity contribution is 5.99. The van der Waals surface area contributed by atoms with Gasteiger partial charge in [-0.15, -0.1) is 0 Å². The first-order valence-corrected chi connectivity index (χ1v) is 12.9. The monoisotopic (exact) mass is 616 g/mol. The molecule has 5 rings (SSSR count). The largest absolute Gasteiger partial charge is 0.494 e. The molecule has 1 aliphatic heterocycles. The van der Waals surface area contributed by atoms with Gasteiger partial charge in [0.25, 0.3) is 5.91 Å². The smallest absolute Gasteiger partial charge is 0.424 e. The minimum atomic E-state index is -5.41. The van der Waals surface area contributed by atoms with Gasteiger partial charge in [0, 0.05) is 28.3 Å². The Labute approximate surface area is 245 Å². The van der Waals surface area contributed by atoms with Crippen molar-refractivity contribution in [2.75, 3.05) is 20.3 Å². The van der Waals surface area contributed by atoms with Crippen molar-refractivity contribution < 1.29 is 45.7 Å². The second-order valence-electron chi connectivity index (χ2n) is 10.3. The fourth-order valence-electron chi connectivity index (χ4n) is 4.79. The fourth-order valence-corrected chi connectivity index (χ4v) is 4.79. The Kier molecular flexibility index (Phi) is 7.41. The van der Waals surface area contributed by atoms with E-state index in [1.54, 1.807) is 12.1 Å². The SMILES string of the molecule is COc1cc(C(=O)NCC(O)(c2cc3c(c(-c4ccc(C(F)(F)F)cc4)n2)OC[C@]3(C)C#N)C(F)(F)F)cc2cccnc12. The molecule has 1 aliphatic rings. The number of nitrogens with one attached hydrogen (secondary N) is 1. The van der Waals surface area contributed by atoms with E-state index in [9.17, 15) is 41.5 Å². The van der Waals surface area contributed by atoms with Gasteiger partial charge >= 0.3 is 12.4 Å². The number of amides is 1. The van der Waals surface area contributed by atoms with E-state index < -0.39 is 47.1 Å². The highest BCUT2D eigenvalue weighted by atomic mass is 19.4. The molecule has 0 aliphatic carbocycles. The molecular formula is C30H22F6N4O4. The Morgan fingerprint density at radius 2 is 1.84 bits per heavy atom.